The Morgan fingerprint density at radius 1 is 1.39 bits per heavy atom. The topological polar surface area (TPSA) is 135 Å². The molecule has 0 aliphatic heterocycles. The van der Waals surface area contributed by atoms with Crippen LogP contribution < -0.4 is 0 Å². The Hall–Kier alpha value is -3.40. The van der Waals surface area contributed by atoms with Gasteiger partial charge < -0.3 is 9.52 Å². The molecule has 9 nitrogen and oxygen atoms in total. The van der Waals surface area contributed by atoms with Gasteiger partial charge in [0, 0.05) is 30.2 Å². The van der Waals surface area contributed by atoms with E-state index < -0.39 is 10.9 Å². The largest absolute Gasteiger partial charge is 0.477 e. The lowest BCUT2D eigenvalue weighted by atomic mass is 10.1. The molecule has 2 heterocycles. The number of non-ortho nitro benzene ring substituents is 1. The highest BCUT2D eigenvalue weighted by molar-refractivity contribution is 8.04. The summed E-state index contributed by atoms with van der Waals surface area (Å²) < 4.78 is 5.64. The first-order valence-electron chi connectivity index (χ1n) is 8.35. The Balaban J connectivity index is 1.83. The number of nitrogens with zero attached hydrogens (tertiary/aromatic N) is 3. The smallest absolute Gasteiger partial charge is 0.342 e. The monoisotopic (exact) mass is 400 g/mol. The van der Waals surface area contributed by atoms with Crippen LogP contribution in [0.15, 0.2) is 50.9 Å². The fraction of sp³-hybridized carbons (Fsp3) is 0.167. The molecule has 28 heavy (non-hydrogen) atoms. The van der Waals surface area contributed by atoms with E-state index in [1.165, 1.54) is 18.2 Å². The van der Waals surface area contributed by atoms with Crippen molar-refractivity contribution >= 4 is 29.5 Å². The molecule has 3 rings (SSSR count). The highest BCUT2D eigenvalue weighted by Crippen LogP contribution is 2.29. The molecular weight excluding hydrogens is 384 g/mol. The molecule has 0 fully saturated rings. The number of benzene rings is 1. The number of aromatic amines is 1. The van der Waals surface area contributed by atoms with E-state index in [0.29, 0.717) is 28.1 Å². The number of hydrogen-bond acceptors (Lipinski definition) is 7. The van der Waals surface area contributed by atoms with E-state index in [-0.39, 0.29) is 10.6 Å². The molecular formula is C18H16N4O5S. The van der Waals surface area contributed by atoms with Crippen LogP contribution in [-0.4, -0.2) is 31.2 Å². The Bertz CT molecular complexity index is 1040. The molecule has 1 aromatic carbocycles. The maximum Gasteiger partial charge on any atom is 0.342 e. The zero-order valence-corrected chi connectivity index (χ0v) is 15.6. The maximum absolute atomic E-state index is 11.6. The number of carboxylic acids is 1. The van der Waals surface area contributed by atoms with Crippen LogP contribution in [-0.2, 0) is 11.2 Å². The van der Waals surface area contributed by atoms with Gasteiger partial charge in [0.2, 0.25) is 5.16 Å². The summed E-state index contributed by atoms with van der Waals surface area (Å²) >= 11 is 0.909. The number of aryl methyl sites for hydroxylation is 1. The van der Waals surface area contributed by atoms with Crippen molar-refractivity contribution in [3.63, 3.8) is 0 Å². The van der Waals surface area contributed by atoms with Crippen LogP contribution in [0.5, 0.6) is 0 Å². The predicted molar refractivity (Wildman–Crippen MR) is 103 cm³/mol. The Kier molecular flexibility index (Phi) is 5.90. The van der Waals surface area contributed by atoms with Gasteiger partial charge in [0.15, 0.2) is 0 Å². The molecule has 0 radical (unpaired) electrons. The number of nitro benzene ring substituents is 1. The molecule has 0 aliphatic rings. The number of nitrogens with one attached hydrogen (secondary N) is 1. The average Bonchev–Trinajstić information content (AvgIpc) is 3.31. The Morgan fingerprint density at radius 3 is 2.93 bits per heavy atom. The molecule has 144 valence electrons. The van der Waals surface area contributed by atoms with E-state index in [1.807, 2.05) is 6.92 Å². The molecule has 0 bridgehead atoms. The number of carbonyl (C=O) groups is 1. The molecule has 0 aliphatic carbocycles. The van der Waals surface area contributed by atoms with Crippen molar-refractivity contribution in [1.29, 1.82) is 0 Å². The van der Waals surface area contributed by atoms with E-state index in [4.69, 9.17) is 4.42 Å². The first-order chi connectivity index (χ1) is 13.5. The van der Waals surface area contributed by atoms with E-state index in [1.54, 1.807) is 24.3 Å². The normalized spacial score (nSPS) is 11.5. The number of aromatic nitrogens is 3. The van der Waals surface area contributed by atoms with Crippen LogP contribution in [0, 0.1) is 10.1 Å². The summed E-state index contributed by atoms with van der Waals surface area (Å²) in [5.41, 5.74) is 0.469. The SMILES string of the molecule is CCCc1nc(S/C(=C\c2ccc(-c3cccc([N+](=O)[O-])c3)o2)C(=O)O)n[nH]1. The summed E-state index contributed by atoms with van der Waals surface area (Å²) in [4.78, 5) is 26.2. The van der Waals surface area contributed by atoms with Crippen LogP contribution in [0.25, 0.3) is 17.4 Å². The third kappa shape index (κ3) is 4.65. The Morgan fingerprint density at radius 2 is 2.21 bits per heavy atom. The van der Waals surface area contributed by atoms with Crippen molar-refractivity contribution < 1.29 is 19.2 Å². The van der Waals surface area contributed by atoms with Gasteiger partial charge in [-0.05, 0) is 30.3 Å². The molecule has 0 spiro atoms. The molecule has 0 saturated carbocycles. The zero-order valence-electron chi connectivity index (χ0n) is 14.8. The number of hydrogen-bond donors (Lipinski definition) is 2. The van der Waals surface area contributed by atoms with Gasteiger partial charge in [0.25, 0.3) is 5.69 Å². The second-order valence-electron chi connectivity index (χ2n) is 5.74. The van der Waals surface area contributed by atoms with Gasteiger partial charge in [-0.3, -0.25) is 15.2 Å². The number of carboxylic acid groups (broad SMARTS) is 1. The number of nitro groups is 1. The fourth-order valence-electron chi connectivity index (χ4n) is 2.39. The molecule has 10 heteroatoms. The van der Waals surface area contributed by atoms with E-state index in [0.717, 1.165) is 24.6 Å². The highest BCUT2D eigenvalue weighted by atomic mass is 32.2. The van der Waals surface area contributed by atoms with Crippen LogP contribution in [0.3, 0.4) is 0 Å². The number of furan rings is 1. The van der Waals surface area contributed by atoms with Crippen LogP contribution >= 0.6 is 11.8 Å². The fourth-order valence-corrected chi connectivity index (χ4v) is 3.10. The van der Waals surface area contributed by atoms with Gasteiger partial charge >= 0.3 is 5.97 Å². The molecule has 3 aromatic rings. The van der Waals surface area contributed by atoms with E-state index in [9.17, 15) is 20.0 Å². The van der Waals surface area contributed by atoms with Crippen LogP contribution in [0.2, 0.25) is 0 Å². The summed E-state index contributed by atoms with van der Waals surface area (Å²) in [6, 6.07) is 9.23. The summed E-state index contributed by atoms with van der Waals surface area (Å²) in [5.74, 6) is 0.254. The zero-order chi connectivity index (χ0) is 20.1. The summed E-state index contributed by atoms with van der Waals surface area (Å²) in [7, 11) is 0. The molecule has 0 saturated heterocycles. The van der Waals surface area contributed by atoms with Gasteiger partial charge in [-0.25, -0.2) is 9.78 Å². The molecule has 2 N–H and O–H groups in total. The van der Waals surface area contributed by atoms with Crippen molar-refractivity contribution in [2.75, 3.05) is 0 Å². The minimum absolute atomic E-state index is 0.0120. The quantitative estimate of drug-likeness (QED) is 0.249. The first-order valence-corrected chi connectivity index (χ1v) is 9.16. The van der Waals surface area contributed by atoms with Crippen molar-refractivity contribution in [1.82, 2.24) is 15.2 Å². The third-order valence-corrected chi connectivity index (χ3v) is 4.53. The standard InChI is InChI=1S/C18H16N4O5S/c1-2-4-16-19-18(21-20-16)28-15(17(23)24)10-13-7-8-14(27-13)11-5-3-6-12(9-11)22(25)26/h3,5-10H,2,4H2,1H3,(H,23,24)(H,19,20,21)/b15-10-. The molecule has 0 unspecified atom stereocenters. The lowest BCUT2D eigenvalue weighted by Crippen LogP contribution is -1.97. The highest BCUT2D eigenvalue weighted by Gasteiger charge is 2.15. The van der Waals surface area contributed by atoms with Gasteiger partial charge in [-0.2, -0.15) is 0 Å². The van der Waals surface area contributed by atoms with Crippen molar-refractivity contribution in [2.24, 2.45) is 0 Å². The lowest BCUT2D eigenvalue weighted by Gasteiger charge is -1.98. The summed E-state index contributed by atoms with van der Waals surface area (Å²) in [5, 5.41) is 27.5. The molecule has 0 amide bonds. The lowest BCUT2D eigenvalue weighted by molar-refractivity contribution is -0.384. The van der Waals surface area contributed by atoms with E-state index in [2.05, 4.69) is 15.2 Å². The summed E-state index contributed by atoms with van der Waals surface area (Å²) in [6.07, 6.45) is 2.99. The maximum atomic E-state index is 11.6. The second-order valence-corrected chi connectivity index (χ2v) is 6.75. The summed E-state index contributed by atoms with van der Waals surface area (Å²) in [6.45, 7) is 2.01. The Labute approximate surface area is 163 Å². The van der Waals surface area contributed by atoms with Gasteiger partial charge in [0.1, 0.15) is 22.3 Å². The van der Waals surface area contributed by atoms with E-state index >= 15 is 0 Å². The first kappa shape index (κ1) is 19.4. The molecule has 2 aromatic heterocycles. The number of aliphatic carboxylic acids is 1. The van der Waals surface area contributed by atoms with Crippen molar-refractivity contribution in [2.45, 2.75) is 24.9 Å². The van der Waals surface area contributed by atoms with Gasteiger partial charge in [-0.1, -0.05) is 19.1 Å². The second kappa shape index (κ2) is 8.53. The molecule has 0 atom stereocenters. The third-order valence-electron chi connectivity index (χ3n) is 3.65. The number of thioether (sulfide) groups is 1. The van der Waals surface area contributed by atoms with Crippen molar-refractivity contribution in [3.8, 4) is 11.3 Å². The minimum atomic E-state index is -1.14. The minimum Gasteiger partial charge on any atom is -0.477 e. The van der Waals surface area contributed by atoms with Crippen molar-refractivity contribution in [3.05, 3.63) is 63.0 Å². The predicted octanol–water partition coefficient (Wildman–Crippen LogP) is 4.14. The van der Waals surface area contributed by atoms with Gasteiger partial charge in [0.05, 0.1) is 4.92 Å². The number of H-pyrrole nitrogens is 1. The van der Waals surface area contributed by atoms with Crippen LogP contribution in [0.1, 0.15) is 24.9 Å². The average molecular weight is 400 g/mol. The van der Waals surface area contributed by atoms with Crippen LogP contribution in [0.4, 0.5) is 5.69 Å². The number of rotatable bonds is 8. The van der Waals surface area contributed by atoms with Gasteiger partial charge in [-0.15, -0.1) is 5.10 Å².